The number of oxime groups is 1. The third kappa shape index (κ3) is 5.52. The highest BCUT2D eigenvalue weighted by Gasteiger charge is 2.24. The minimum atomic E-state index is -0.977. The third-order valence-corrected chi connectivity index (χ3v) is 5.59. The Morgan fingerprint density at radius 1 is 1.09 bits per heavy atom. The number of pyridine rings is 1. The molecule has 32 heavy (non-hydrogen) atoms. The number of carboxylic acids is 1. The number of carbonyl (C=O) groups is 1. The largest absolute Gasteiger partial charge is 0.482 e. The monoisotopic (exact) mass is 430 g/mol. The fraction of sp³-hybridized carbons (Fsp3) is 0.269. The number of rotatable bonds is 9. The molecule has 1 unspecified atom stereocenters. The molecule has 1 aliphatic carbocycles. The summed E-state index contributed by atoms with van der Waals surface area (Å²) in [6.07, 6.45) is 7.10. The maximum Gasteiger partial charge on any atom is 0.341 e. The van der Waals surface area contributed by atoms with Gasteiger partial charge < -0.3 is 14.7 Å². The lowest BCUT2D eigenvalue weighted by atomic mass is 9.83. The third-order valence-electron chi connectivity index (χ3n) is 5.59. The van der Waals surface area contributed by atoms with Crippen LogP contribution >= 0.6 is 0 Å². The highest BCUT2D eigenvalue weighted by Crippen LogP contribution is 2.37. The van der Waals surface area contributed by atoms with Gasteiger partial charge in [-0.3, -0.25) is 4.98 Å². The number of benzene rings is 2. The van der Waals surface area contributed by atoms with Crippen molar-refractivity contribution in [1.82, 2.24) is 4.98 Å². The average molecular weight is 431 g/mol. The maximum absolute atomic E-state index is 10.9. The lowest BCUT2D eigenvalue weighted by Crippen LogP contribution is -2.17. The van der Waals surface area contributed by atoms with Crippen LogP contribution in [0.5, 0.6) is 5.75 Å². The molecule has 1 N–H and O–H groups in total. The summed E-state index contributed by atoms with van der Waals surface area (Å²) in [5, 5.41) is 13.5. The molecule has 164 valence electrons. The van der Waals surface area contributed by atoms with Gasteiger partial charge in [-0.25, -0.2) is 4.79 Å². The Balaban J connectivity index is 1.49. The highest BCUT2D eigenvalue weighted by atomic mass is 16.6. The molecule has 1 aliphatic rings. The van der Waals surface area contributed by atoms with E-state index >= 15 is 0 Å². The lowest BCUT2D eigenvalue weighted by molar-refractivity contribution is -0.139. The minimum Gasteiger partial charge on any atom is -0.482 e. The molecule has 0 radical (unpaired) electrons. The molecule has 1 atom stereocenters. The van der Waals surface area contributed by atoms with Gasteiger partial charge in [0.15, 0.2) is 6.61 Å². The van der Waals surface area contributed by atoms with Crippen LogP contribution in [0.25, 0.3) is 0 Å². The smallest absolute Gasteiger partial charge is 0.341 e. The van der Waals surface area contributed by atoms with Gasteiger partial charge in [0.25, 0.3) is 0 Å². The summed E-state index contributed by atoms with van der Waals surface area (Å²) in [4.78, 5) is 21.0. The molecule has 6 heteroatoms. The van der Waals surface area contributed by atoms with Crippen molar-refractivity contribution in [2.24, 2.45) is 5.16 Å². The fourth-order valence-electron chi connectivity index (χ4n) is 4.08. The Hall–Kier alpha value is -3.67. The Labute approximate surface area is 187 Å². The number of aliphatic carboxylic acids is 1. The molecule has 0 saturated carbocycles. The Bertz CT molecular complexity index is 1070. The van der Waals surface area contributed by atoms with Gasteiger partial charge in [0.1, 0.15) is 12.4 Å². The van der Waals surface area contributed by atoms with Crippen molar-refractivity contribution >= 4 is 11.7 Å². The molecule has 2 aromatic carbocycles. The predicted molar refractivity (Wildman–Crippen MR) is 122 cm³/mol. The zero-order valence-electron chi connectivity index (χ0n) is 17.8. The van der Waals surface area contributed by atoms with Gasteiger partial charge in [-0.2, -0.15) is 0 Å². The number of nitrogens with zero attached hydrogens (tertiary/aromatic N) is 2. The first-order valence-corrected chi connectivity index (χ1v) is 10.8. The van der Waals surface area contributed by atoms with Crippen LogP contribution in [-0.2, 0) is 22.5 Å². The summed E-state index contributed by atoms with van der Waals surface area (Å²) >= 11 is 0. The first-order valence-electron chi connectivity index (χ1n) is 10.8. The standard InChI is InChI=1S/C26H26N2O4/c29-26(30)18-31-25-13-5-11-22-21(10-4-12-23(22)25)17-32-28-24(20-8-2-1-3-9-20)15-19-7-6-14-27-16-19/h1-3,5-9,11,13-14,16,21H,4,10,12,15,17-18H2,(H,29,30). The van der Waals surface area contributed by atoms with Gasteiger partial charge in [0.05, 0.1) is 5.71 Å². The van der Waals surface area contributed by atoms with Crippen LogP contribution in [0.3, 0.4) is 0 Å². The highest BCUT2D eigenvalue weighted by molar-refractivity contribution is 6.01. The van der Waals surface area contributed by atoms with Gasteiger partial charge in [-0.1, -0.05) is 53.7 Å². The molecule has 6 nitrogen and oxygen atoms in total. The Kier molecular flexibility index (Phi) is 7.12. The maximum atomic E-state index is 10.9. The van der Waals surface area contributed by atoms with Crippen LogP contribution < -0.4 is 4.74 Å². The lowest BCUT2D eigenvalue weighted by Gasteiger charge is -2.26. The van der Waals surface area contributed by atoms with E-state index in [0.717, 1.165) is 47.2 Å². The molecule has 3 aromatic rings. The summed E-state index contributed by atoms with van der Waals surface area (Å²) in [6.45, 7) is 0.120. The summed E-state index contributed by atoms with van der Waals surface area (Å²) in [6, 6.07) is 19.8. The van der Waals surface area contributed by atoms with Crippen molar-refractivity contribution in [2.45, 2.75) is 31.6 Å². The van der Waals surface area contributed by atoms with E-state index in [9.17, 15) is 4.79 Å². The van der Waals surface area contributed by atoms with E-state index in [1.165, 1.54) is 0 Å². The molecule has 1 heterocycles. The predicted octanol–water partition coefficient (Wildman–Crippen LogP) is 4.63. The first kappa shape index (κ1) is 21.6. The van der Waals surface area contributed by atoms with E-state index in [0.29, 0.717) is 18.8 Å². The molecule has 0 bridgehead atoms. The second-order valence-electron chi connectivity index (χ2n) is 7.83. The van der Waals surface area contributed by atoms with Crippen LogP contribution in [0.4, 0.5) is 0 Å². The van der Waals surface area contributed by atoms with Crippen LogP contribution in [0.2, 0.25) is 0 Å². The van der Waals surface area contributed by atoms with Crippen molar-refractivity contribution in [2.75, 3.05) is 13.2 Å². The van der Waals surface area contributed by atoms with Gasteiger partial charge >= 0.3 is 5.97 Å². The number of fused-ring (bicyclic) bond motifs is 1. The number of hydrogen-bond acceptors (Lipinski definition) is 5. The van der Waals surface area contributed by atoms with Crippen molar-refractivity contribution < 1.29 is 19.5 Å². The van der Waals surface area contributed by atoms with E-state index in [-0.39, 0.29) is 12.5 Å². The zero-order valence-corrected chi connectivity index (χ0v) is 17.8. The fourth-order valence-corrected chi connectivity index (χ4v) is 4.08. The number of carboxylic acid groups (broad SMARTS) is 1. The minimum absolute atomic E-state index is 0.186. The van der Waals surface area contributed by atoms with Crippen LogP contribution in [0.15, 0.2) is 78.2 Å². The molecule has 4 rings (SSSR count). The van der Waals surface area contributed by atoms with E-state index < -0.39 is 5.97 Å². The second-order valence-corrected chi connectivity index (χ2v) is 7.83. The first-order chi connectivity index (χ1) is 15.7. The van der Waals surface area contributed by atoms with Gasteiger partial charge in [-0.15, -0.1) is 0 Å². The van der Waals surface area contributed by atoms with Crippen LogP contribution in [0.1, 0.15) is 41.0 Å². The Morgan fingerprint density at radius 3 is 2.75 bits per heavy atom. The van der Waals surface area contributed by atoms with Crippen molar-refractivity contribution in [1.29, 1.82) is 0 Å². The average Bonchev–Trinajstić information content (AvgIpc) is 2.83. The molecule has 1 aromatic heterocycles. The summed E-state index contributed by atoms with van der Waals surface area (Å²) in [5.41, 5.74) is 5.18. The van der Waals surface area contributed by atoms with Crippen molar-refractivity contribution in [3.05, 3.63) is 95.3 Å². The summed E-state index contributed by atoms with van der Waals surface area (Å²) < 4.78 is 5.51. The second kappa shape index (κ2) is 10.6. The van der Waals surface area contributed by atoms with Crippen LogP contribution in [-0.4, -0.2) is 35.0 Å². The van der Waals surface area contributed by atoms with Crippen LogP contribution in [0, 0.1) is 0 Å². The van der Waals surface area contributed by atoms with Crippen molar-refractivity contribution in [3.8, 4) is 5.75 Å². The molecular formula is C26H26N2O4. The van der Waals surface area contributed by atoms with E-state index in [1.807, 2.05) is 60.8 Å². The molecule has 0 fully saturated rings. The van der Waals surface area contributed by atoms with Gasteiger partial charge in [-0.05, 0) is 53.6 Å². The van der Waals surface area contributed by atoms with Gasteiger partial charge in [0.2, 0.25) is 0 Å². The topological polar surface area (TPSA) is 81.0 Å². The molecule has 0 spiro atoms. The molecule has 0 amide bonds. The summed E-state index contributed by atoms with van der Waals surface area (Å²) in [7, 11) is 0. The normalized spacial score (nSPS) is 15.6. The molecule has 0 aliphatic heterocycles. The number of ether oxygens (including phenoxy) is 1. The Morgan fingerprint density at radius 2 is 1.97 bits per heavy atom. The quantitative estimate of drug-likeness (QED) is 0.395. The zero-order chi connectivity index (χ0) is 22.2. The van der Waals surface area contributed by atoms with Gasteiger partial charge in [0, 0.05) is 24.7 Å². The SMILES string of the molecule is O=C(O)COc1cccc2c1CCCC2CON=C(Cc1cccnc1)c1ccccc1. The number of aromatic nitrogens is 1. The van der Waals surface area contributed by atoms with E-state index in [1.54, 1.807) is 6.20 Å². The van der Waals surface area contributed by atoms with Crippen molar-refractivity contribution in [3.63, 3.8) is 0 Å². The van der Waals surface area contributed by atoms with E-state index in [4.69, 9.17) is 14.7 Å². The molecule has 0 saturated heterocycles. The number of hydrogen-bond donors (Lipinski definition) is 1. The summed E-state index contributed by atoms with van der Waals surface area (Å²) in [5.74, 6) is -0.138. The molecular weight excluding hydrogens is 404 g/mol. The van der Waals surface area contributed by atoms with E-state index in [2.05, 4.69) is 16.2 Å².